The molecule has 0 N–H and O–H groups in total. The first-order valence-electron chi connectivity index (χ1n) is 7.12. The van der Waals surface area contributed by atoms with Crippen LogP contribution < -0.4 is 5.49 Å². The van der Waals surface area contributed by atoms with Gasteiger partial charge < -0.3 is 4.57 Å². The van der Waals surface area contributed by atoms with Crippen LogP contribution in [0.5, 0.6) is 0 Å². The van der Waals surface area contributed by atoms with Crippen LogP contribution in [0.3, 0.4) is 0 Å². The number of aromatic nitrogens is 1. The lowest BCUT2D eigenvalue weighted by Gasteiger charge is -2.12. The number of hydrogen-bond donors (Lipinski definition) is 0. The van der Waals surface area contributed by atoms with Gasteiger partial charge in [0.1, 0.15) is 5.49 Å². The highest BCUT2D eigenvalue weighted by Gasteiger charge is 2.32. The molecule has 1 heterocycles. The Labute approximate surface area is 155 Å². The van der Waals surface area contributed by atoms with Crippen molar-refractivity contribution in [2.24, 2.45) is 12.0 Å². The molecule has 0 radical (unpaired) electrons. The average molecular weight is 440 g/mol. The second-order valence-electron chi connectivity index (χ2n) is 5.62. The van der Waals surface area contributed by atoms with Crippen LogP contribution in [-0.2, 0) is 19.6 Å². The molecule has 0 spiro atoms. The normalized spacial score (nSPS) is 18.1. The van der Waals surface area contributed by atoms with Crippen molar-refractivity contribution in [1.82, 2.24) is 4.57 Å². The number of aryl methyl sites for hydroxylation is 1. The van der Waals surface area contributed by atoms with Gasteiger partial charge in [-0.2, -0.15) is 13.2 Å². The molecule has 128 valence electrons. The molecule has 0 bridgehead atoms. The van der Waals surface area contributed by atoms with Crippen molar-refractivity contribution in [3.63, 3.8) is 0 Å². The van der Waals surface area contributed by atoms with E-state index in [-0.39, 0.29) is 11.1 Å². The standard InChI is InChI=1S/C16H12BrCl2F3N2/c1-24-7-8(16(20,21)22)6-12(18)15(24)23-13-5-3-10-9(13)2-4-11(17)14(10)19/h2,4,6-7,13H,3,5H2,1H3/b23-15-. The predicted molar refractivity (Wildman–Crippen MR) is 91.2 cm³/mol. The fourth-order valence-electron chi connectivity index (χ4n) is 2.88. The van der Waals surface area contributed by atoms with Gasteiger partial charge in [0.2, 0.25) is 0 Å². The van der Waals surface area contributed by atoms with Gasteiger partial charge >= 0.3 is 6.18 Å². The third-order valence-corrected chi connectivity index (χ3v) is 5.63. The molecule has 1 aliphatic rings. The lowest BCUT2D eigenvalue weighted by Crippen LogP contribution is -2.22. The summed E-state index contributed by atoms with van der Waals surface area (Å²) in [4.78, 5) is 4.58. The predicted octanol–water partition coefficient (Wildman–Crippen LogP) is 5.70. The number of rotatable bonds is 1. The van der Waals surface area contributed by atoms with Gasteiger partial charge in [0.25, 0.3) is 0 Å². The fraction of sp³-hybridized carbons (Fsp3) is 0.312. The van der Waals surface area contributed by atoms with Gasteiger partial charge in [0.15, 0.2) is 0 Å². The Kier molecular flexibility index (Phi) is 4.75. The van der Waals surface area contributed by atoms with Gasteiger partial charge in [-0.15, -0.1) is 0 Å². The summed E-state index contributed by atoms with van der Waals surface area (Å²) in [7, 11) is 1.50. The van der Waals surface area contributed by atoms with Gasteiger partial charge in [-0.25, -0.2) is 0 Å². The summed E-state index contributed by atoms with van der Waals surface area (Å²) in [6, 6.07) is 4.52. The van der Waals surface area contributed by atoms with Crippen LogP contribution in [0.4, 0.5) is 13.2 Å². The van der Waals surface area contributed by atoms with Crippen LogP contribution in [0.1, 0.15) is 29.2 Å². The highest BCUT2D eigenvalue weighted by molar-refractivity contribution is 9.10. The molecule has 0 saturated heterocycles. The third-order valence-electron chi connectivity index (χ3n) is 4.03. The molecule has 2 aromatic rings. The molecule has 0 aliphatic heterocycles. The van der Waals surface area contributed by atoms with E-state index in [1.54, 1.807) is 0 Å². The Hall–Kier alpha value is -0.980. The molecule has 0 saturated carbocycles. The van der Waals surface area contributed by atoms with Crippen LogP contribution in [0, 0.1) is 0 Å². The molecule has 2 nitrogen and oxygen atoms in total. The zero-order valence-electron chi connectivity index (χ0n) is 12.5. The highest BCUT2D eigenvalue weighted by Crippen LogP contribution is 2.40. The van der Waals surface area contributed by atoms with Crippen LogP contribution in [-0.4, -0.2) is 4.57 Å². The molecule has 8 heteroatoms. The van der Waals surface area contributed by atoms with E-state index in [1.165, 1.54) is 11.6 Å². The Balaban J connectivity index is 2.08. The Morgan fingerprint density at radius 1 is 1.29 bits per heavy atom. The number of halogens is 6. The number of alkyl halides is 3. The Morgan fingerprint density at radius 3 is 2.62 bits per heavy atom. The van der Waals surface area contributed by atoms with Crippen molar-refractivity contribution in [2.75, 3.05) is 0 Å². The summed E-state index contributed by atoms with van der Waals surface area (Å²) < 4.78 is 40.7. The van der Waals surface area contributed by atoms with Gasteiger partial charge in [-0.3, -0.25) is 4.99 Å². The summed E-state index contributed by atoms with van der Waals surface area (Å²) in [5.41, 5.74) is 1.53. The molecule has 1 aromatic carbocycles. The van der Waals surface area contributed by atoms with Gasteiger partial charge in [0.05, 0.1) is 21.7 Å². The van der Waals surface area contributed by atoms with Crippen LogP contribution in [0.15, 0.2) is 33.9 Å². The summed E-state index contributed by atoms with van der Waals surface area (Å²) in [6.07, 6.45) is -1.94. The number of nitrogens with zero attached hydrogens (tertiary/aromatic N) is 2. The number of fused-ring (bicyclic) bond motifs is 1. The summed E-state index contributed by atoms with van der Waals surface area (Å²) in [6.45, 7) is 0. The molecule has 1 aromatic heterocycles. The molecule has 24 heavy (non-hydrogen) atoms. The van der Waals surface area contributed by atoms with Gasteiger partial charge in [0, 0.05) is 17.7 Å². The molecule has 0 amide bonds. The van der Waals surface area contributed by atoms with E-state index < -0.39 is 11.7 Å². The van der Waals surface area contributed by atoms with E-state index in [9.17, 15) is 13.2 Å². The second kappa shape index (κ2) is 6.39. The van der Waals surface area contributed by atoms with Crippen LogP contribution in [0.2, 0.25) is 10.0 Å². The maximum atomic E-state index is 12.8. The molecule has 1 aliphatic carbocycles. The van der Waals surface area contributed by atoms with Crippen molar-refractivity contribution in [3.05, 3.63) is 61.1 Å². The maximum Gasteiger partial charge on any atom is 0.417 e. The number of hydrogen-bond acceptors (Lipinski definition) is 1. The molecule has 0 fully saturated rings. The Bertz CT molecular complexity index is 849. The molecule has 1 atom stereocenters. The van der Waals surface area contributed by atoms with Crippen molar-refractivity contribution in [2.45, 2.75) is 25.1 Å². The minimum absolute atomic E-state index is 0.0241. The quantitative estimate of drug-likeness (QED) is 0.542. The van der Waals surface area contributed by atoms with Crippen LogP contribution >= 0.6 is 39.1 Å². The largest absolute Gasteiger partial charge is 0.417 e. The lowest BCUT2D eigenvalue weighted by atomic mass is 10.1. The number of benzene rings is 1. The van der Waals surface area contributed by atoms with Crippen molar-refractivity contribution in [1.29, 1.82) is 0 Å². The van der Waals surface area contributed by atoms with E-state index in [0.717, 1.165) is 40.7 Å². The molecule has 3 rings (SSSR count). The van der Waals surface area contributed by atoms with Crippen molar-refractivity contribution in [3.8, 4) is 0 Å². The van der Waals surface area contributed by atoms with E-state index in [4.69, 9.17) is 23.2 Å². The van der Waals surface area contributed by atoms with E-state index in [1.807, 2.05) is 12.1 Å². The van der Waals surface area contributed by atoms with E-state index in [0.29, 0.717) is 10.5 Å². The van der Waals surface area contributed by atoms with Gasteiger partial charge in [-0.1, -0.05) is 29.3 Å². The second-order valence-corrected chi connectivity index (χ2v) is 7.26. The monoisotopic (exact) mass is 438 g/mol. The molecular formula is C16H12BrCl2F3N2. The summed E-state index contributed by atoms with van der Waals surface area (Å²) in [5, 5.41) is 0.636. The fourth-order valence-corrected chi connectivity index (χ4v) is 3.81. The first-order chi connectivity index (χ1) is 11.2. The topological polar surface area (TPSA) is 17.3 Å². The SMILES string of the molecule is Cn1cc(C(F)(F)F)cc(Cl)/c1=N/C1CCc2c1ccc(Br)c2Cl. The zero-order chi connectivity index (χ0) is 17.6. The number of pyridine rings is 1. The zero-order valence-corrected chi connectivity index (χ0v) is 15.6. The smallest absolute Gasteiger partial charge is 0.335 e. The van der Waals surface area contributed by atoms with Crippen LogP contribution in [0.25, 0.3) is 0 Å². The third kappa shape index (κ3) is 3.24. The maximum absolute atomic E-state index is 12.8. The van der Waals surface area contributed by atoms with Crippen molar-refractivity contribution < 1.29 is 13.2 Å². The summed E-state index contributed by atoms with van der Waals surface area (Å²) in [5.74, 6) is 0. The average Bonchev–Trinajstić information content (AvgIpc) is 2.89. The highest BCUT2D eigenvalue weighted by atomic mass is 79.9. The first kappa shape index (κ1) is 17.8. The molecule has 1 unspecified atom stereocenters. The first-order valence-corrected chi connectivity index (χ1v) is 8.67. The lowest BCUT2D eigenvalue weighted by molar-refractivity contribution is -0.138. The van der Waals surface area contributed by atoms with E-state index in [2.05, 4.69) is 20.9 Å². The minimum Gasteiger partial charge on any atom is -0.335 e. The Morgan fingerprint density at radius 2 is 2.00 bits per heavy atom. The van der Waals surface area contributed by atoms with Gasteiger partial charge in [-0.05, 0) is 52.0 Å². The van der Waals surface area contributed by atoms with Crippen molar-refractivity contribution >= 4 is 39.1 Å². The molecular weight excluding hydrogens is 428 g/mol. The summed E-state index contributed by atoms with van der Waals surface area (Å²) >= 11 is 15.7. The van der Waals surface area contributed by atoms with E-state index >= 15 is 0 Å². The minimum atomic E-state index is -4.44.